The van der Waals surface area contributed by atoms with Crippen molar-refractivity contribution in [3.63, 3.8) is 0 Å². The first-order valence-corrected chi connectivity index (χ1v) is 11.8. The Bertz CT molecular complexity index is 1520. The van der Waals surface area contributed by atoms with Crippen LogP contribution >= 0.6 is 11.8 Å². The number of aromatic nitrogens is 4. The quantitative estimate of drug-likeness (QED) is 0.202. The molecule has 2 amide bonds. The van der Waals surface area contributed by atoms with E-state index in [0.717, 1.165) is 23.9 Å². The molecule has 0 unspecified atom stereocenters. The second-order valence-corrected chi connectivity index (χ2v) is 10.3. The molecule has 0 aliphatic heterocycles. The summed E-state index contributed by atoms with van der Waals surface area (Å²) in [7, 11) is 0. The van der Waals surface area contributed by atoms with Gasteiger partial charge in [0.25, 0.3) is 11.6 Å². The lowest BCUT2D eigenvalue weighted by Gasteiger charge is -2.29. The van der Waals surface area contributed by atoms with Crippen molar-refractivity contribution < 1.29 is 45.2 Å². The summed E-state index contributed by atoms with van der Waals surface area (Å²) in [6.07, 6.45) is -6.68. The minimum Gasteiger partial charge on any atom is -0.366 e. The number of tetrazole rings is 1. The largest absolute Gasteiger partial charge is 0.460 e. The van der Waals surface area contributed by atoms with Crippen LogP contribution in [0.25, 0.3) is 0 Å². The number of primary amides is 1. The highest BCUT2D eigenvalue weighted by molar-refractivity contribution is 7.99. The molecular weight excluding hydrogens is 591 g/mol. The number of anilines is 1. The molecule has 3 aromatic rings. The van der Waals surface area contributed by atoms with Crippen molar-refractivity contribution >= 4 is 35.0 Å². The number of nitrogens with one attached hydrogen (secondary N) is 1. The summed E-state index contributed by atoms with van der Waals surface area (Å²) in [5.41, 5.74) is -0.537. The minimum atomic E-state index is -6.68. The Balaban J connectivity index is 2.04. The van der Waals surface area contributed by atoms with Crippen LogP contribution in [0.15, 0.2) is 46.5 Å². The zero-order valence-electron chi connectivity index (χ0n) is 21.0. The topological polar surface area (TPSA) is 159 Å². The minimum absolute atomic E-state index is 0.0793. The predicted molar refractivity (Wildman–Crippen MR) is 128 cm³/mol. The molecule has 0 aliphatic rings. The van der Waals surface area contributed by atoms with E-state index in [4.69, 9.17) is 5.73 Å². The van der Waals surface area contributed by atoms with Crippen LogP contribution in [0.4, 0.5) is 42.1 Å². The lowest BCUT2D eigenvalue weighted by atomic mass is 9.95. The van der Waals surface area contributed by atoms with Gasteiger partial charge in [-0.05, 0) is 67.2 Å². The molecule has 11 nitrogen and oxygen atoms in total. The van der Waals surface area contributed by atoms with Crippen molar-refractivity contribution in [3.05, 3.63) is 63.2 Å². The second-order valence-electron chi connectivity index (χ2n) is 9.31. The van der Waals surface area contributed by atoms with E-state index < -0.39 is 62.8 Å². The van der Waals surface area contributed by atoms with E-state index in [1.807, 2.05) is 0 Å². The van der Waals surface area contributed by atoms with Gasteiger partial charge in [-0.1, -0.05) is 0 Å². The van der Waals surface area contributed by atoms with Gasteiger partial charge in [-0.2, -0.15) is 30.7 Å². The Morgan fingerprint density at radius 1 is 1.00 bits per heavy atom. The van der Waals surface area contributed by atoms with E-state index in [9.17, 15) is 50.4 Å². The Labute approximate surface area is 229 Å². The van der Waals surface area contributed by atoms with Crippen molar-refractivity contribution in [2.45, 2.75) is 54.4 Å². The third-order valence-electron chi connectivity index (χ3n) is 5.33. The molecule has 1 aromatic heterocycles. The fourth-order valence-corrected chi connectivity index (χ4v) is 4.37. The summed E-state index contributed by atoms with van der Waals surface area (Å²) < 4.78 is 95.3. The number of hydrogen-bond acceptors (Lipinski definition) is 8. The SMILES string of the molecule is CC(C)(C)n1nnnc1Sc1ccc([N+](=O)[O-])cc1C(=O)Nc1ccc(C(F)(F)C(F)(F)C(F)(F)F)c(C(N)=O)c1. The molecule has 1 heterocycles. The van der Waals surface area contributed by atoms with E-state index >= 15 is 0 Å². The Morgan fingerprint density at radius 2 is 1.63 bits per heavy atom. The molecule has 0 saturated carbocycles. The molecule has 0 radical (unpaired) electrons. The van der Waals surface area contributed by atoms with Crippen LogP contribution in [-0.4, -0.2) is 49.0 Å². The molecule has 0 fully saturated rings. The van der Waals surface area contributed by atoms with Crippen LogP contribution in [0.3, 0.4) is 0 Å². The summed E-state index contributed by atoms with van der Waals surface area (Å²) in [6, 6.07) is 4.13. The fraction of sp³-hybridized carbons (Fsp3) is 0.318. The van der Waals surface area contributed by atoms with Crippen LogP contribution in [0, 0.1) is 10.1 Å². The average molecular weight is 609 g/mol. The maximum Gasteiger partial charge on any atom is 0.460 e. The lowest BCUT2D eigenvalue weighted by molar-refractivity contribution is -0.384. The standard InChI is InChI=1S/C22H18F7N7O4S/c1-19(2,3)35-18(32-33-34-35)41-15-7-5-11(36(39)40)9-13(15)17(38)31-10-4-6-14(12(8-10)16(30)37)20(23,24)21(25,26)22(27,28)29/h4-9H,1-3H3,(H2,30,37)(H,31,38). The zero-order valence-corrected chi connectivity index (χ0v) is 21.8. The number of nitro groups is 1. The van der Waals surface area contributed by atoms with Gasteiger partial charge in [0.15, 0.2) is 0 Å². The first-order chi connectivity index (χ1) is 18.7. The number of carbonyl (C=O) groups excluding carboxylic acids is 2. The van der Waals surface area contributed by atoms with Crippen molar-refractivity contribution in [1.29, 1.82) is 0 Å². The average Bonchev–Trinajstić information content (AvgIpc) is 3.32. The molecule has 0 bridgehead atoms. The van der Waals surface area contributed by atoms with Gasteiger partial charge in [-0.3, -0.25) is 19.7 Å². The molecule has 0 aliphatic carbocycles. The number of nitrogens with two attached hydrogens (primary N) is 1. The monoisotopic (exact) mass is 609 g/mol. The normalized spacial score (nSPS) is 12.7. The number of nitro benzene ring substituents is 1. The third kappa shape index (κ3) is 6.08. The van der Waals surface area contributed by atoms with Gasteiger partial charge in [0.2, 0.25) is 11.1 Å². The van der Waals surface area contributed by atoms with Crippen LogP contribution in [0.1, 0.15) is 47.1 Å². The van der Waals surface area contributed by atoms with Crippen molar-refractivity contribution in [2.24, 2.45) is 5.73 Å². The molecule has 19 heteroatoms. The number of halogens is 7. The van der Waals surface area contributed by atoms with Gasteiger partial charge in [0.1, 0.15) is 0 Å². The van der Waals surface area contributed by atoms with Gasteiger partial charge in [-0.15, -0.1) is 5.10 Å². The number of alkyl halides is 7. The lowest BCUT2D eigenvalue weighted by Crippen LogP contribution is -2.50. The predicted octanol–water partition coefficient (Wildman–Crippen LogP) is 5.13. The molecule has 220 valence electrons. The maximum atomic E-state index is 14.3. The van der Waals surface area contributed by atoms with Crippen LogP contribution in [-0.2, 0) is 11.5 Å². The van der Waals surface area contributed by atoms with Crippen LogP contribution in [0.5, 0.6) is 0 Å². The van der Waals surface area contributed by atoms with E-state index in [-0.39, 0.29) is 21.7 Å². The van der Waals surface area contributed by atoms with Gasteiger partial charge in [0.05, 0.1) is 21.6 Å². The van der Waals surface area contributed by atoms with Gasteiger partial charge >= 0.3 is 18.0 Å². The number of carbonyl (C=O) groups is 2. The highest BCUT2D eigenvalue weighted by atomic mass is 32.2. The van der Waals surface area contributed by atoms with E-state index in [2.05, 4.69) is 20.8 Å². The summed E-state index contributed by atoms with van der Waals surface area (Å²) in [5.74, 6) is -15.4. The molecule has 0 atom stereocenters. The molecular formula is C22H18F7N7O4S. The van der Waals surface area contributed by atoms with Crippen molar-refractivity contribution in [2.75, 3.05) is 5.32 Å². The number of benzene rings is 2. The van der Waals surface area contributed by atoms with Crippen molar-refractivity contribution in [3.8, 4) is 0 Å². The first kappa shape index (κ1) is 31.2. The van der Waals surface area contributed by atoms with Crippen LogP contribution < -0.4 is 11.1 Å². The second kappa shape index (κ2) is 10.6. The summed E-state index contributed by atoms with van der Waals surface area (Å²) in [6.45, 7) is 5.31. The Kier molecular flexibility index (Phi) is 8.08. The maximum absolute atomic E-state index is 14.3. The molecule has 2 aromatic carbocycles. The van der Waals surface area contributed by atoms with Crippen molar-refractivity contribution in [1.82, 2.24) is 20.2 Å². The molecule has 41 heavy (non-hydrogen) atoms. The number of non-ortho nitro benzene ring substituents is 1. The number of hydrogen-bond donors (Lipinski definition) is 2. The molecule has 3 N–H and O–H groups in total. The highest BCUT2D eigenvalue weighted by Gasteiger charge is 2.74. The fourth-order valence-electron chi connectivity index (χ4n) is 3.31. The first-order valence-electron chi connectivity index (χ1n) is 11.0. The molecule has 3 rings (SSSR count). The molecule has 0 spiro atoms. The van der Waals surface area contributed by atoms with E-state index in [1.54, 1.807) is 20.8 Å². The number of nitrogens with zero attached hydrogens (tertiary/aromatic N) is 5. The van der Waals surface area contributed by atoms with E-state index in [0.29, 0.717) is 12.1 Å². The van der Waals surface area contributed by atoms with Gasteiger partial charge in [-0.25, -0.2) is 4.68 Å². The summed E-state index contributed by atoms with van der Waals surface area (Å²) in [4.78, 5) is 35.5. The number of rotatable bonds is 8. The van der Waals surface area contributed by atoms with Crippen LogP contribution in [0.2, 0.25) is 0 Å². The zero-order chi connectivity index (χ0) is 31.1. The van der Waals surface area contributed by atoms with Gasteiger partial charge in [0, 0.05) is 28.3 Å². The van der Waals surface area contributed by atoms with Gasteiger partial charge < -0.3 is 11.1 Å². The molecule has 0 saturated heterocycles. The summed E-state index contributed by atoms with van der Waals surface area (Å²) >= 11 is 0.833. The smallest absolute Gasteiger partial charge is 0.366 e. The summed E-state index contributed by atoms with van der Waals surface area (Å²) in [5, 5.41) is 24.9. The highest BCUT2D eigenvalue weighted by Crippen LogP contribution is 2.52. The third-order valence-corrected chi connectivity index (χ3v) is 6.34. The Hall–Kier alpha value is -4.29. The number of amides is 2. The van der Waals surface area contributed by atoms with E-state index in [1.165, 1.54) is 10.7 Å². The Morgan fingerprint density at radius 3 is 2.17 bits per heavy atom.